The van der Waals surface area contributed by atoms with Crippen LogP contribution in [0.15, 0.2) is 22.0 Å². The molecule has 5 nitrogen and oxygen atoms in total. The van der Waals surface area contributed by atoms with Gasteiger partial charge in [-0.05, 0) is 11.4 Å². The number of ether oxygens (including phenoxy) is 1. The molecule has 2 heterocycles. The van der Waals surface area contributed by atoms with E-state index in [1.807, 2.05) is 5.38 Å². The van der Waals surface area contributed by atoms with Crippen LogP contribution in [0.4, 0.5) is 17.6 Å². The van der Waals surface area contributed by atoms with Crippen molar-refractivity contribution >= 4 is 11.3 Å². The van der Waals surface area contributed by atoms with Crippen molar-refractivity contribution in [1.29, 1.82) is 0 Å². The lowest BCUT2D eigenvalue weighted by atomic mass is 10.2. The minimum atomic E-state index is -4.21. The zero-order chi connectivity index (χ0) is 15.5. The van der Waals surface area contributed by atoms with Crippen molar-refractivity contribution in [2.75, 3.05) is 6.61 Å². The van der Waals surface area contributed by atoms with Crippen LogP contribution in [0.1, 0.15) is 22.6 Å². The molecule has 21 heavy (non-hydrogen) atoms. The average Bonchev–Trinajstić information content (AvgIpc) is 3.09. The SMILES string of the molecule is NC(c1nc(COCC(F)(F)C(F)F)no1)c1cccs1. The molecule has 1 atom stereocenters. The van der Waals surface area contributed by atoms with Gasteiger partial charge in [-0.3, -0.25) is 0 Å². The second kappa shape index (κ2) is 6.50. The summed E-state index contributed by atoms with van der Waals surface area (Å²) in [4.78, 5) is 4.66. The van der Waals surface area contributed by atoms with Crippen LogP contribution >= 0.6 is 11.3 Å². The smallest absolute Gasteiger partial charge is 0.330 e. The topological polar surface area (TPSA) is 74.2 Å². The Balaban J connectivity index is 1.89. The molecule has 2 rings (SSSR count). The Labute approximate surface area is 120 Å². The second-order valence-corrected chi connectivity index (χ2v) is 5.08. The predicted octanol–water partition coefficient (Wildman–Crippen LogP) is 2.60. The summed E-state index contributed by atoms with van der Waals surface area (Å²) < 4.78 is 58.4. The first-order valence-electron chi connectivity index (χ1n) is 5.75. The van der Waals surface area contributed by atoms with Crippen molar-refractivity contribution in [3.8, 4) is 0 Å². The van der Waals surface area contributed by atoms with Gasteiger partial charge in [0.15, 0.2) is 5.82 Å². The molecule has 0 bridgehead atoms. The summed E-state index contributed by atoms with van der Waals surface area (Å²) in [5.41, 5.74) is 5.87. The highest BCUT2D eigenvalue weighted by Crippen LogP contribution is 2.24. The normalized spacial score (nSPS) is 13.8. The minimum absolute atomic E-state index is 0.0397. The van der Waals surface area contributed by atoms with Gasteiger partial charge in [0.1, 0.15) is 19.3 Å². The van der Waals surface area contributed by atoms with Crippen LogP contribution in [-0.2, 0) is 11.3 Å². The lowest BCUT2D eigenvalue weighted by Gasteiger charge is -2.14. The van der Waals surface area contributed by atoms with Crippen molar-refractivity contribution < 1.29 is 26.8 Å². The van der Waals surface area contributed by atoms with Crippen LogP contribution in [0.25, 0.3) is 0 Å². The highest BCUT2D eigenvalue weighted by molar-refractivity contribution is 7.10. The fraction of sp³-hybridized carbons (Fsp3) is 0.455. The molecule has 0 aliphatic heterocycles. The van der Waals surface area contributed by atoms with Crippen molar-refractivity contribution in [3.05, 3.63) is 34.1 Å². The maximum Gasteiger partial charge on any atom is 0.330 e. The number of nitrogens with two attached hydrogens (primary N) is 1. The van der Waals surface area contributed by atoms with Crippen molar-refractivity contribution in [3.63, 3.8) is 0 Å². The molecular formula is C11H11F4N3O2S. The molecule has 10 heteroatoms. The van der Waals surface area contributed by atoms with E-state index < -0.39 is 31.6 Å². The van der Waals surface area contributed by atoms with Crippen molar-refractivity contribution in [2.24, 2.45) is 5.73 Å². The first kappa shape index (κ1) is 15.9. The molecule has 0 aromatic carbocycles. The summed E-state index contributed by atoms with van der Waals surface area (Å²) in [6.45, 7) is -1.89. The van der Waals surface area contributed by atoms with Gasteiger partial charge in [0, 0.05) is 4.88 Å². The minimum Gasteiger partial charge on any atom is -0.367 e. The third kappa shape index (κ3) is 3.99. The molecule has 116 valence electrons. The van der Waals surface area contributed by atoms with Gasteiger partial charge in [-0.1, -0.05) is 11.2 Å². The monoisotopic (exact) mass is 325 g/mol. The number of rotatable bonds is 7. The standard InChI is InChI=1S/C11H11F4N3O2S/c12-10(13)11(14,15)5-19-4-7-17-9(20-18-7)8(16)6-2-1-3-21-6/h1-3,8,10H,4-5,16H2. The lowest BCUT2D eigenvalue weighted by Crippen LogP contribution is -2.32. The van der Waals surface area contributed by atoms with Gasteiger partial charge < -0.3 is 15.0 Å². The molecule has 0 saturated carbocycles. The van der Waals surface area contributed by atoms with Crippen LogP contribution in [-0.4, -0.2) is 29.1 Å². The average molecular weight is 325 g/mol. The summed E-state index contributed by atoms with van der Waals surface area (Å²) in [5, 5.41) is 5.31. The highest BCUT2D eigenvalue weighted by Gasteiger charge is 2.41. The summed E-state index contributed by atoms with van der Waals surface area (Å²) in [6.07, 6.45) is -3.79. The molecule has 0 radical (unpaired) electrons. The number of hydrogen-bond acceptors (Lipinski definition) is 6. The number of aromatic nitrogens is 2. The first-order valence-corrected chi connectivity index (χ1v) is 6.63. The third-order valence-corrected chi connectivity index (χ3v) is 3.40. The van der Waals surface area contributed by atoms with E-state index in [1.165, 1.54) is 11.3 Å². The van der Waals surface area contributed by atoms with Crippen LogP contribution < -0.4 is 5.73 Å². The van der Waals surface area contributed by atoms with E-state index in [0.29, 0.717) is 0 Å². The largest absolute Gasteiger partial charge is 0.367 e. The quantitative estimate of drug-likeness (QED) is 0.792. The van der Waals surface area contributed by atoms with Gasteiger partial charge in [0.05, 0.1) is 0 Å². The molecule has 2 aromatic rings. The summed E-state index contributed by atoms with van der Waals surface area (Å²) in [5.74, 6) is -4.15. The summed E-state index contributed by atoms with van der Waals surface area (Å²) in [6, 6.07) is 2.94. The molecule has 2 aromatic heterocycles. The van der Waals surface area contributed by atoms with E-state index >= 15 is 0 Å². The highest BCUT2D eigenvalue weighted by atomic mass is 32.1. The third-order valence-electron chi connectivity index (χ3n) is 2.44. The number of alkyl halides is 4. The molecule has 2 N–H and O–H groups in total. The Bertz CT molecular complexity index is 562. The molecule has 0 aliphatic rings. The lowest BCUT2D eigenvalue weighted by molar-refractivity contribution is -0.168. The van der Waals surface area contributed by atoms with E-state index in [1.54, 1.807) is 12.1 Å². The Kier molecular flexibility index (Phi) is 4.91. The Hall–Kier alpha value is -1.52. The van der Waals surface area contributed by atoms with Crippen LogP contribution in [0.3, 0.4) is 0 Å². The van der Waals surface area contributed by atoms with Gasteiger partial charge in [0.2, 0.25) is 5.89 Å². The number of halogens is 4. The molecular weight excluding hydrogens is 314 g/mol. The van der Waals surface area contributed by atoms with Crippen LogP contribution in [0.2, 0.25) is 0 Å². The van der Waals surface area contributed by atoms with E-state index in [9.17, 15) is 17.6 Å². The second-order valence-electron chi connectivity index (χ2n) is 4.10. The van der Waals surface area contributed by atoms with Gasteiger partial charge in [-0.25, -0.2) is 8.78 Å². The summed E-state index contributed by atoms with van der Waals surface area (Å²) in [7, 11) is 0. The van der Waals surface area contributed by atoms with Crippen LogP contribution in [0.5, 0.6) is 0 Å². The zero-order valence-electron chi connectivity index (χ0n) is 10.5. The molecule has 0 saturated heterocycles. The van der Waals surface area contributed by atoms with E-state index in [0.717, 1.165) is 4.88 Å². The number of thiophene rings is 1. The molecule has 1 unspecified atom stereocenters. The van der Waals surface area contributed by atoms with Gasteiger partial charge in [0.25, 0.3) is 0 Å². The summed E-state index contributed by atoms with van der Waals surface area (Å²) >= 11 is 1.39. The fourth-order valence-electron chi connectivity index (χ4n) is 1.38. The predicted molar refractivity (Wildman–Crippen MR) is 65.3 cm³/mol. The Morgan fingerprint density at radius 1 is 1.43 bits per heavy atom. The van der Waals surface area contributed by atoms with Gasteiger partial charge in [-0.15, -0.1) is 11.3 Å². The Morgan fingerprint density at radius 2 is 2.19 bits per heavy atom. The number of hydrogen-bond donors (Lipinski definition) is 1. The Morgan fingerprint density at radius 3 is 2.81 bits per heavy atom. The molecule has 0 aliphatic carbocycles. The maximum atomic E-state index is 12.6. The van der Waals surface area contributed by atoms with E-state index in [-0.39, 0.29) is 11.7 Å². The van der Waals surface area contributed by atoms with Crippen molar-refractivity contribution in [1.82, 2.24) is 10.1 Å². The maximum absolute atomic E-state index is 12.6. The van der Waals surface area contributed by atoms with E-state index in [4.69, 9.17) is 10.3 Å². The van der Waals surface area contributed by atoms with Gasteiger partial charge >= 0.3 is 12.3 Å². The van der Waals surface area contributed by atoms with Gasteiger partial charge in [-0.2, -0.15) is 13.8 Å². The van der Waals surface area contributed by atoms with Crippen LogP contribution in [0, 0.1) is 0 Å². The molecule has 0 amide bonds. The molecule has 0 spiro atoms. The molecule has 0 fully saturated rings. The fourth-order valence-corrected chi connectivity index (χ4v) is 2.10. The zero-order valence-corrected chi connectivity index (χ0v) is 11.3. The van der Waals surface area contributed by atoms with E-state index in [2.05, 4.69) is 14.9 Å². The van der Waals surface area contributed by atoms with Crippen molar-refractivity contribution in [2.45, 2.75) is 25.0 Å². The number of nitrogens with zero attached hydrogens (tertiary/aromatic N) is 2. The first-order chi connectivity index (χ1) is 9.90.